The maximum absolute atomic E-state index is 13.2. The van der Waals surface area contributed by atoms with Crippen LogP contribution in [0.1, 0.15) is 239 Å². The highest BCUT2D eigenvalue weighted by Gasteiger charge is 2.50. The lowest BCUT2D eigenvalue weighted by atomic mass is 9.98. The SMILES string of the molecule is CC/C=C\C/C=C\C/C=C\C/C=C\CCCCCCCCC(=O)OCC(COC1OC(C(=O)O)C(O)C(O)C1OC(=O)CCCCCCC/C=C\CCCCCCCC)OC(=O)CCCC/C=C\C/C=C\C/C=C\C/C=C\CC. The van der Waals surface area contributed by atoms with Gasteiger partial charge in [0.15, 0.2) is 24.6 Å². The molecule has 0 saturated carbocycles. The van der Waals surface area contributed by atoms with Crippen molar-refractivity contribution in [1.29, 1.82) is 0 Å². The van der Waals surface area contributed by atoms with Gasteiger partial charge < -0.3 is 39.0 Å². The number of allylic oxidation sites excluding steroid dienone is 18. The number of aliphatic carboxylic acids is 1. The van der Waals surface area contributed by atoms with Gasteiger partial charge in [-0.15, -0.1) is 0 Å². The summed E-state index contributed by atoms with van der Waals surface area (Å²) in [5.41, 5.74) is 0. The van der Waals surface area contributed by atoms with Crippen molar-refractivity contribution < 1.29 is 58.2 Å². The average molecular weight is 1110 g/mol. The van der Waals surface area contributed by atoms with Crippen molar-refractivity contribution in [3.05, 3.63) is 109 Å². The Bertz CT molecular complexity index is 1790. The molecule has 1 aliphatic rings. The van der Waals surface area contributed by atoms with Gasteiger partial charge in [0.25, 0.3) is 0 Å². The molecule has 1 heterocycles. The summed E-state index contributed by atoms with van der Waals surface area (Å²) < 4.78 is 28.4. The van der Waals surface area contributed by atoms with Crippen LogP contribution in [0, 0.1) is 0 Å². The molecular formula is C67H108O12. The molecule has 12 nitrogen and oxygen atoms in total. The normalized spacial score (nSPS) is 18.6. The van der Waals surface area contributed by atoms with Crippen molar-refractivity contribution in [1.82, 2.24) is 0 Å². The number of carbonyl (C=O) groups excluding carboxylic acids is 3. The van der Waals surface area contributed by atoms with Crippen LogP contribution in [-0.4, -0.2) is 89.2 Å². The summed E-state index contributed by atoms with van der Waals surface area (Å²) in [6, 6.07) is 0. The summed E-state index contributed by atoms with van der Waals surface area (Å²) in [4.78, 5) is 51.2. The highest BCUT2D eigenvalue weighted by Crippen LogP contribution is 2.26. The molecule has 3 N–H and O–H groups in total. The number of aliphatic hydroxyl groups excluding tert-OH is 2. The Labute approximate surface area is 478 Å². The van der Waals surface area contributed by atoms with Crippen LogP contribution in [0.4, 0.5) is 0 Å². The molecule has 0 aromatic rings. The van der Waals surface area contributed by atoms with Crippen LogP contribution in [0.15, 0.2) is 109 Å². The first-order chi connectivity index (χ1) is 38.6. The second kappa shape index (κ2) is 54.0. The van der Waals surface area contributed by atoms with Crippen LogP contribution in [0.3, 0.4) is 0 Å². The van der Waals surface area contributed by atoms with Crippen LogP contribution in [-0.2, 0) is 42.9 Å². The molecular weight excluding hydrogens is 997 g/mol. The van der Waals surface area contributed by atoms with Gasteiger partial charge >= 0.3 is 23.9 Å². The quantitative estimate of drug-likeness (QED) is 0.0228. The van der Waals surface area contributed by atoms with Crippen molar-refractivity contribution in [3.8, 4) is 0 Å². The lowest BCUT2D eigenvalue weighted by molar-refractivity contribution is -0.301. The average Bonchev–Trinajstić information content (AvgIpc) is 3.46. The van der Waals surface area contributed by atoms with Gasteiger partial charge in [-0.3, -0.25) is 14.4 Å². The third-order valence-corrected chi connectivity index (χ3v) is 13.3. The molecule has 1 fully saturated rings. The molecule has 0 spiro atoms. The maximum Gasteiger partial charge on any atom is 0.335 e. The molecule has 1 rings (SSSR count). The summed E-state index contributed by atoms with van der Waals surface area (Å²) in [6.07, 6.45) is 60.5. The third-order valence-electron chi connectivity index (χ3n) is 13.3. The number of esters is 3. The van der Waals surface area contributed by atoms with Gasteiger partial charge in [0.2, 0.25) is 0 Å². The first-order valence-electron chi connectivity index (χ1n) is 30.9. The largest absolute Gasteiger partial charge is 0.479 e. The van der Waals surface area contributed by atoms with E-state index in [0.717, 1.165) is 141 Å². The minimum absolute atomic E-state index is 0.0394. The molecule has 6 atom stereocenters. The van der Waals surface area contributed by atoms with Crippen LogP contribution >= 0.6 is 0 Å². The standard InChI is InChI=1S/C67H108O12/c1-4-7-10-13-16-19-22-25-28-29-30-31-34-35-38-41-44-47-50-53-59(68)75-56-58(77-60(69)54-51-48-45-42-39-36-32-26-23-20-17-14-11-8-5-2)57-76-67-65(63(72)62(71)64(79-67)66(73)74)78-61(70)55-52-49-46-43-40-37-33-27-24-21-18-15-12-9-6-3/h7-8,10-11,16-17,19-20,25-28,30-33,39,42,58,62-65,67,71-72H,4-6,9,12-15,18,21-24,29,34-38,40-41,43-57H2,1-3H3,(H,73,74)/b10-7-,11-8-,19-16-,20-17-,28-25-,31-30-,32-26-,33-27-,42-39-. The maximum atomic E-state index is 13.2. The Morgan fingerprint density at radius 3 is 1.25 bits per heavy atom. The molecule has 0 aromatic carbocycles. The van der Waals surface area contributed by atoms with E-state index in [9.17, 15) is 34.5 Å². The van der Waals surface area contributed by atoms with Crippen molar-refractivity contribution in [3.63, 3.8) is 0 Å². The van der Waals surface area contributed by atoms with E-state index >= 15 is 0 Å². The number of carboxylic acid groups (broad SMARTS) is 1. The van der Waals surface area contributed by atoms with E-state index in [1.807, 2.05) is 0 Å². The van der Waals surface area contributed by atoms with Crippen molar-refractivity contribution >= 4 is 23.9 Å². The van der Waals surface area contributed by atoms with E-state index < -0.39 is 67.3 Å². The fraction of sp³-hybridized carbons (Fsp3) is 0.672. The molecule has 0 aliphatic carbocycles. The van der Waals surface area contributed by atoms with Gasteiger partial charge in [0.05, 0.1) is 6.61 Å². The molecule has 12 heteroatoms. The second-order valence-electron chi connectivity index (χ2n) is 20.6. The van der Waals surface area contributed by atoms with E-state index in [4.69, 9.17) is 23.7 Å². The summed E-state index contributed by atoms with van der Waals surface area (Å²) in [5.74, 6) is -3.21. The van der Waals surface area contributed by atoms with E-state index in [2.05, 4.69) is 130 Å². The Kier molecular flexibility index (Phi) is 49.5. The van der Waals surface area contributed by atoms with E-state index in [1.54, 1.807) is 0 Å². The summed E-state index contributed by atoms with van der Waals surface area (Å²) >= 11 is 0. The number of unbranched alkanes of at least 4 members (excludes halogenated alkanes) is 19. The van der Waals surface area contributed by atoms with Gasteiger partial charge in [-0.1, -0.05) is 207 Å². The zero-order valence-electron chi connectivity index (χ0n) is 49.3. The number of carboxylic acids is 1. The van der Waals surface area contributed by atoms with Crippen molar-refractivity contribution in [2.45, 2.75) is 276 Å². The molecule has 448 valence electrons. The van der Waals surface area contributed by atoms with Crippen molar-refractivity contribution in [2.24, 2.45) is 0 Å². The Balaban J connectivity index is 2.72. The molecule has 0 amide bonds. The first-order valence-corrected chi connectivity index (χ1v) is 30.9. The lowest BCUT2D eigenvalue weighted by Gasteiger charge is -2.40. The van der Waals surface area contributed by atoms with E-state index in [0.29, 0.717) is 19.3 Å². The summed E-state index contributed by atoms with van der Waals surface area (Å²) in [5, 5.41) is 31.5. The van der Waals surface area contributed by atoms with Gasteiger partial charge in [-0.25, -0.2) is 4.79 Å². The monoisotopic (exact) mass is 1100 g/mol. The fourth-order valence-corrected chi connectivity index (χ4v) is 8.64. The Morgan fingerprint density at radius 1 is 0.430 bits per heavy atom. The second-order valence-corrected chi connectivity index (χ2v) is 20.6. The third kappa shape index (κ3) is 43.8. The number of hydrogen-bond donors (Lipinski definition) is 3. The molecule has 0 bridgehead atoms. The molecule has 1 saturated heterocycles. The fourth-order valence-electron chi connectivity index (χ4n) is 8.64. The Hall–Kier alpha value is -4.62. The topological polar surface area (TPSA) is 175 Å². The van der Waals surface area contributed by atoms with Crippen LogP contribution < -0.4 is 0 Å². The zero-order valence-corrected chi connectivity index (χ0v) is 49.3. The number of hydrogen-bond acceptors (Lipinski definition) is 11. The molecule has 6 unspecified atom stereocenters. The number of rotatable bonds is 51. The molecule has 1 aliphatic heterocycles. The molecule has 0 radical (unpaired) electrons. The first kappa shape index (κ1) is 72.4. The Morgan fingerprint density at radius 2 is 0.797 bits per heavy atom. The summed E-state index contributed by atoms with van der Waals surface area (Å²) in [6.45, 7) is 5.71. The minimum atomic E-state index is -1.92. The van der Waals surface area contributed by atoms with E-state index in [-0.39, 0.29) is 25.9 Å². The zero-order chi connectivity index (χ0) is 57.5. The smallest absolute Gasteiger partial charge is 0.335 e. The highest BCUT2D eigenvalue weighted by atomic mass is 16.7. The van der Waals surface area contributed by atoms with E-state index in [1.165, 1.54) is 38.5 Å². The highest BCUT2D eigenvalue weighted by molar-refractivity contribution is 5.74. The van der Waals surface area contributed by atoms with Crippen molar-refractivity contribution in [2.75, 3.05) is 13.2 Å². The predicted octanol–water partition coefficient (Wildman–Crippen LogP) is 16.2. The molecule has 0 aromatic heterocycles. The van der Waals surface area contributed by atoms with Gasteiger partial charge in [-0.05, 0) is 122 Å². The van der Waals surface area contributed by atoms with Crippen LogP contribution in [0.2, 0.25) is 0 Å². The van der Waals surface area contributed by atoms with Crippen LogP contribution in [0.25, 0.3) is 0 Å². The van der Waals surface area contributed by atoms with Gasteiger partial charge in [0, 0.05) is 19.3 Å². The predicted molar refractivity (Wildman–Crippen MR) is 321 cm³/mol. The number of ether oxygens (including phenoxy) is 5. The summed E-state index contributed by atoms with van der Waals surface area (Å²) in [7, 11) is 0. The molecule has 79 heavy (non-hydrogen) atoms. The number of carbonyl (C=O) groups is 4. The number of aliphatic hydroxyl groups is 2. The lowest BCUT2D eigenvalue weighted by Crippen LogP contribution is -2.61. The minimum Gasteiger partial charge on any atom is -0.479 e. The van der Waals surface area contributed by atoms with Gasteiger partial charge in [0.1, 0.15) is 18.8 Å². The van der Waals surface area contributed by atoms with Crippen LogP contribution in [0.5, 0.6) is 0 Å². The van der Waals surface area contributed by atoms with Gasteiger partial charge in [-0.2, -0.15) is 0 Å².